The van der Waals surface area contributed by atoms with Crippen LogP contribution in [0.4, 0.5) is 0 Å². The Morgan fingerprint density at radius 2 is 0.571 bits per heavy atom. The highest BCUT2D eigenvalue weighted by molar-refractivity contribution is 4.51. The Labute approximate surface area is 51.7 Å². The Kier molecular flexibility index (Phi) is 4.63. The average Bonchev–Trinajstić information content (AvgIpc) is 1.72. The molecule has 0 aromatic heterocycles. The molecule has 0 spiro atoms. The molecule has 0 amide bonds. The second kappa shape index (κ2) is 4.45. The standard InChI is InChI=1S/C6H12.ClH/c1-2-4-6-5-3-1;/h1-6H2;1H/p-1. The lowest BCUT2D eigenvalue weighted by Gasteiger charge is -2.05. The summed E-state index contributed by atoms with van der Waals surface area (Å²) in [6, 6.07) is 0. The third-order valence-corrected chi connectivity index (χ3v) is 1.50. The number of hydrogen-bond donors (Lipinski definition) is 0. The van der Waals surface area contributed by atoms with E-state index in [0.29, 0.717) is 0 Å². The Bertz CT molecular complexity index is 19.7. The van der Waals surface area contributed by atoms with Gasteiger partial charge in [0.05, 0.1) is 0 Å². The number of hydrogen-bond acceptors (Lipinski definition) is 0. The molecule has 0 atom stereocenters. The van der Waals surface area contributed by atoms with Gasteiger partial charge in [-0.15, -0.1) is 0 Å². The fourth-order valence-electron chi connectivity index (χ4n) is 1.06. The molecule has 1 heteroatoms. The highest BCUT2D eigenvalue weighted by atomic mass is 35.5. The van der Waals surface area contributed by atoms with E-state index < -0.39 is 0 Å². The molecule has 0 aromatic carbocycles. The highest BCUT2D eigenvalue weighted by Crippen LogP contribution is 2.15. The van der Waals surface area contributed by atoms with Crippen LogP contribution in [0, 0.1) is 0 Å². The van der Waals surface area contributed by atoms with Crippen LogP contribution in [0.25, 0.3) is 0 Å². The van der Waals surface area contributed by atoms with Gasteiger partial charge in [-0.25, -0.2) is 0 Å². The van der Waals surface area contributed by atoms with E-state index in [1.54, 1.807) is 0 Å². The highest BCUT2D eigenvalue weighted by Gasteiger charge is 1.95. The maximum absolute atomic E-state index is 1.50. The largest absolute Gasteiger partial charge is 1.00 e. The van der Waals surface area contributed by atoms with Crippen molar-refractivity contribution in [2.45, 2.75) is 38.5 Å². The van der Waals surface area contributed by atoms with Crippen LogP contribution in [0.15, 0.2) is 0 Å². The van der Waals surface area contributed by atoms with Crippen molar-refractivity contribution in [1.82, 2.24) is 0 Å². The van der Waals surface area contributed by atoms with Gasteiger partial charge in [0, 0.05) is 0 Å². The van der Waals surface area contributed by atoms with E-state index >= 15 is 0 Å². The summed E-state index contributed by atoms with van der Waals surface area (Å²) in [5.74, 6) is 0. The first kappa shape index (κ1) is 7.29. The van der Waals surface area contributed by atoms with Crippen LogP contribution in [0.2, 0.25) is 0 Å². The summed E-state index contributed by atoms with van der Waals surface area (Å²) in [4.78, 5) is 0. The third-order valence-electron chi connectivity index (χ3n) is 1.50. The van der Waals surface area contributed by atoms with Gasteiger partial charge in [0.2, 0.25) is 0 Å². The molecule has 0 nitrogen and oxygen atoms in total. The third kappa shape index (κ3) is 2.93. The van der Waals surface area contributed by atoms with Gasteiger partial charge in [-0.2, -0.15) is 0 Å². The summed E-state index contributed by atoms with van der Waals surface area (Å²) in [5, 5.41) is 0. The van der Waals surface area contributed by atoms with Crippen LogP contribution < -0.4 is 12.4 Å². The Balaban J connectivity index is 0.000000360. The van der Waals surface area contributed by atoms with Gasteiger partial charge < -0.3 is 12.4 Å². The van der Waals surface area contributed by atoms with E-state index in [9.17, 15) is 0 Å². The van der Waals surface area contributed by atoms with Crippen LogP contribution in [0.3, 0.4) is 0 Å². The normalized spacial score (nSPS) is 20.6. The van der Waals surface area contributed by atoms with Gasteiger partial charge in [0.25, 0.3) is 0 Å². The van der Waals surface area contributed by atoms with Gasteiger partial charge in [-0.05, 0) is 0 Å². The minimum atomic E-state index is 0. The quantitative estimate of drug-likeness (QED) is 0.398. The molecular weight excluding hydrogens is 108 g/mol. The minimum absolute atomic E-state index is 0. The predicted molar refractivity (Wildman–Crippen MR) is 27.7 cm³/mol. The molecule has 1 fully saturated rings. The van der Waals surface area contributed by atoms with Gasteiger partial charge >= 0.3 is 0 Å². The van der Waals surface area contributed by atoms with Crippen LogP contribution >= 0.6 is 0 Å². The van der Waals surface area contributed by atoms with E-state index in [0.717, 1.165) is 0 Å². The first-order valence-electron chi connectivity index (χ1n) is 3.00. The van der Waals surface area contributed by atoms with Crippen LogP contribution in [-0.2, 0) is 0 Å². The van der Waals surface area contributed by atoms with Crippen LogP contribution in [0.1, 0.15) is 38.5 Å². The fourth-order valence-corrected chi connectivity index (χ4v) is 1.06. The first-order valence-corrected chi connectivity index (χ1v) is 3.00. The number of rotatable bonds is 0. The lowest BCUT2D eigenvalue weighted by atomic mass is 10.0. The molecule has 44 valence electrons. The van der Waals surface area contributed by atoms with Crippen molar-refractivity contribution in [2.24, 2.45) is 0 Å². The number of halogens is 1. The zero-order chi connectivity index (χ0) is 4.24. The van der Waals surface area contributed by atoms with Gasteiger partial charge in [-0.3, -0.25) is 0 Å². The summed E-state index contributed by atoms with van der Waals surface area (Å²) >= 11 is 0. The Hall–Kier alpha value is 0.290. The molecule has 0 aliphatic heterocycles. The molecule has 0 N–H and O–H groups in total. The SMILES string of the molecule is C1CCCCC1.[Cl-]. The van der Waals surface area contributed by atoms with Crippen molar-refractivity contribution < 1.29 is 12.4 Å². The van der Waals surface area contributed by atoms with Crippen molar-refractivity contribution in [3.8, 4) is 0 Å². The maximum Gasteiger partial charge on any atom is -0.0533 e. The van der Waals surface area contributed by atoms with Gasteiger partial charge in [0.15, 0.2) is 0 Å². The molecule has 1 saturated carbocycles. The molecule has 0 heterocycles. The zero-order valence-corrected chi connectivity index (χ0v) is 5.38. The molecule has 0 aromatic rings. The van der Waals surface area contributed by atoms with Crippen molar-refractivity contribution in [3.63, 3.8) is 0 Å². The Morgan fingerprint density at radius 1 is 0.429 bits per heavy atom. The van der Waals surface area contributed by atoms with Crippen LogP contribution in [-0.4, -0.2) is 0 Å². The maximum atomic E-state index is 1.50. The molecule has 0 saturated heterocycles. The summed E-state index contributed by atoms with van der Waals surface area (Å²) in [7, 11) is 0. The molecule has 0 radical (unpaired) electrons. The molecule has 1 aliphatic rings. The summed E-state index contributed by atoms with van der Waals surface area (Å²) in [6.45, 7) is 0. The molecule has 0 bridgehead atoms. The molecule has 7 heavy (non-hydrogen) atoms. The van der Waals surface area contributed by atoms with E-state index in [4.69, 9.17) is 0 Å². The van der Waals surface area contributed by atoms with E-state index in [1.165, 1.54) is 38.5 Å². The van der Waals surface area contributed by atoms with Gasteiger partial charge in [-0.1, -0.05) is 38.5 Å². The molecule has 1 aliphatic carbocycles. The predicted octanol–water partition coefficient (Wildman–Crippen LogP) is -0.655. The summed E-state index contributed by atoms with van der Waals surface area (Å²) < 4.78 is 0. The molecule has 0 unspecified atom stereocenters. The zero-order valence-electron chi connectivity index (χ0n) is 4.62. The first-order chi connectivity index (χ1) is 3.00. The topological polar surface area (TPSA) is 0 Å². The second-order valence-corrected chi connectivity index (χ2v) is 2.12. The van der Waals surface area contributed by atoms with Crippen LogP contribution in [0.5, 0.6) is 0 Å². The van der Waals surface area contributed by atoms with Gasteiger partial charge in [0.1, 0.15) is 0 Å². The van der Waals surface area contributed by atoms with E-state index in [2.05, 4.69) is 0 Å². The molecule has 1 rings (SSSR count). The second-order valence-electron chi connectivity index (χ2n) is 2.12. The lowest BCUT2D eigenvalue weighted by molar-refractivity contribution is -0.00000133. The van der Waals surface area contributed by atoms with E-state index in [1.807, 2.05) is 0 Å². The average molecular weight is 120 g/mol. The van der Waals surface area contributed by atoms with Crippen molar-refractivity contribution >= 4 is 0 Å². The monoisotopic (exact) mass is 119 g/mol. The van der Waals surface area contributed by atoms with Crippen molar-refractivity contribution in [3.05, 3.63) is 0 Å². The van der Waals surface area contributed by atoms with Crippen molar-refractivity contribution in [2.75, 3.05) is 0 Å². The Morgan fingerprint density at radius 3 is 0.714 bits per heavy atom. The fraction of sp³-hybridized carbons (Fsp3) is 1.00. The lowest BCUT2D eigenvalue weighted by Crippen LogP contribution is -3.00. The smallest absolute Gasteiger partial charge is 0.0533 e. The minimum Gasteiger partial charge on any atom is -1.00 e. The summed E-state index contributed by atoms with van der Waals surface area (Å²) in [5.41, 5.74) is 0. The molecular formula is C6H12Cl-. The summed E-state index contributed by atoms with van der Waals surface area (Å²) in [6.07, 6.45) is 9.00. The van der Waals surface area contributed by atoms with E-state index in [-0.39, 0.29) is 12.4 Å². The van der Waals surface area contributed by atoms with Crippen molar-refractivity contribution in [1.29, 1.82) is 0 Å².